The van der Waals surface area contributed by atoms with Crippen molar-refractivity contribution in [1.29, 1.82) is 0 Å². The first kappa shape index (κ1) is 12.9. The maximum Gasteiger partial charge on any atom is 0.325 e. The predicted octanol–water partition coefficient (Wildman–Crippen LogP) is 1.90. The molecule has 1 fully saturated rings. The highest BCUT2D eigenvalue weighted by Crippen LogP contribution is 2.35. The van der Waals surface area contributed by atoms with Crippen molar-refractivity contribution in [2.75, 3.05) is 13.4 Å². The molecule has 6 heteroatoms. The third-order valence-corrected chi connectivity index (χ3v) is 3.24. The number of rotatable bonds is 4. The predicted molar refractivity (Wildman–Crippen MR) is 68.3 cm³/mol. The summed E-state index contributed by atoms with van der Waals surface area (Å²) in [7, 11) is -1.90. The summed E-state index contributed by atoms with van der Waals surface area (Å²) in [6.07, 6.45) is 2.71. The van der Waals surface area contributed by atoms with Crippen molar-refractivity contribution >= 4 is 15.8 Å². The van der Waals surface area contributed by atoms with Gasteiger partial charge in [-0.15, -0.1) is 0 Å². The van der Waals surface area contributed by atoms with E-state index in [2.05, 4.69) is 9.44 Å². The molecule has 0 N–H and O–H groups in total. The number of ether oxygens (including phenoxy) is 1. The minimum Gasteiger partial charge on any atom is -0.497 e. The minimum absolute atomic E-state index is 0.151. The highest BCUT2D eigenvalue weighted by molar-refractivity contribution is 7.85. The van der Waals surface area contributed by atoms with Crippen molar-refractivity contribution in [3.05, 3.63) is 29.8 Å². The molecule has 18 heavy (non-hydrogen) atoms. The summed E-state index contributed by atoms with van der Waals surface area (Å²) in [5.41, 5.74) is 1.86. The third kappa shape index (κ3) is 3.01. The Morgan fingerprint density at radius 2 is 1.94 bits per heavy atom. The lowest BCUT2D eigenvalue weighted by Gasteiger charge is -2.27. The fourth-order valence-corrected chi connectivity index (χ4v) is 2.07. The van der Waals surface area contributed by atoms with E-state index in [0.29, 0.717) is 0 Å². The molecular formula is C12H15NO4S. The molecule has 1 atom stereocenters. The van der Waals surface area contributed by atoms with E-state index in [0.717, 1.165) is 36.1 Å². The van der Waals surface area contributed by atoms with Gasteiger partial charge in [-0.1, -0.05) is 17.3 Å². The first-order valence-electron chi connectivity index (χ1n) is 5.59. The highest BCUT2D eigenvalue weighted by atomic mass is 32.2. The fraction of sp³-hybridized carbons (Fsp3) is 0.417. The van der Waals surface area contributed by atoms with Gasteiger partial charge in [-0.05, 0) is 30.5 Å². The van der Waals surface area contributed by atoms with E-state index in [4.69, 9.17) is 4.74 Å². The Morgan fingerprint density at radius 3 is 2.39 bits per heavy atom. The molecule has 1 aromatic carbocycles. The molecule has 0 aromatic heterocycles. The van der Waals surface area contributed by atoms with Gasteiger partial charge in [-0.2, -0.15) is 8.42 Å². The van der Waals surface area contributed by atoms with Gasteiger partial charge < -0.3 is 4.74 Å². The summed E-state index contributed by atoms with van der Waals surface area (Å²) < 4.78 is 31.3. The summed E-state index contributed by atoms with van der Waals surface area (Å²) in [4.78, 5) is 0. The van der Waals surface area contributed by atoms with E-state index >= 15 is 0 Å². The van der Waals surface area contributed by atoms with Crippen molar-refractivity contribution in [3.8, 4) is 5.75 Å². The Labute approximate surface area is 107 Å². The van der Waals surface area contributed by atoms with E-state index in [-0.39, 0.29) is 5.92 Å². The van der Waals surface area contributed by atoms with Crippen LogP contribution in [0.4, 0.5) is 0 Å². The molecule has 0 radical (unpaired) electrons. The van der Waals surface area contributed by atoms with Crippen LogP contribution in [0.25, 0.3) is 0 Å². The quantitative estimate of drug-likeness (QED) is 0.783. The van der Waals surface area contributed by atoms with Crippen molar-refractivity contribution in [3.63, 3.8) is 0 Å². The van der Waals surface area contributed by atoms with Gasteiger partial charge in [0, 0.05) is 5.92 Å². The number of hydrogen-bond acceptors (Lipinski definition) is 5. The molecule has 1 saturated carbocycles. The maximum atomic E-state index is 10.9. The Balaban J connectivity index is 2.09. The molecular weight excluding hydrogens is 254 g/mol. The van der Waals surface area contributed by atoms with Gasteiger partial charge in [0.05, 0.1) is 19.1 Å². The number of methoxy groups -OCH3 is 1. The molecule has 0 heterocycles. The molecule has 1 aromatic rings. The Bertz CT molecular complexity index is 548. The maximum absolute atomic E-state index is 10.9. The zero-order valence-electron chi connectivity index (χ0n) is 10.3. The van der Waals surface area contributed by atoms with Crippen LogP contribution in [-0.4, -0.2) is 27.5 Å². The normalized spacial score (nSPS) is 21.4. The summed E-state index contributed by atoms with van der Waals surface area (Å²) in [5.74, 6) is 0.946. The van der Waals surface area contributed by atoms with Crippen LogP contribution in [0.1, 0.15) is 24.3 Å². The molecule has 2 rings (SSSR count). The monoisotopic (exact) mass is 269 g/mol. The van der Waals surface area contributed by atoms with Crippen molar-refractivity contribution in [1.82, 2.24) is 0 Å². The van der Waals surface area contributed by atoms with E-state index in [9.17, 15) is 8.42 Å². The standard InChI is InChI=1S/C12H15NO4S/c1-16-10-5-3-9(4-6-10)11-7-8-12(11)13-17-18(2,14)15/h3-6,11H,7-8H2,1-2H3/b13-12-. The first-order valence-corrected chi connectivity index (χ1v) is 7.40. The molecule has 0 saturated heterocycles. The van der Waals surface area contributed by atoms with Crippen molar-refractivity contribution in [2.45, 2.75) is 18.8 Å². The Kier molecular flexibility index (Phi) is 3.56. The third-order valence-electron chi connectivity index (χ3n) is 2.90. The number of benzene rings is 1. The number of oxime groups is 1. The molecule has 1 aliphatic carbocycles. The van der Waals surface area contributed by atoms with Crippen LogP contribution in [0.5, 0.6) is 5.75 Å². The van der Waals surface area contributed by atoms with Crippen LogP contribution < -0.4 is 4.74 Å². The largest absolute Gasteiger partial charge is 0.497 e. The van der Waals surface area contributed by atoms with Crippen LogP contribution in [0, 0.1) is 0 Å². The van der Waals surface area contributed by atoms with E-state index in [1.54, 1.807) is 7.11 Å². The lowest BCUT2D eigenvalue weighted by molar-refractivity contribution is 0.335. The molecule has 5 nitrogen and oxygen atoms in total. The second-order valence-electron chi connectivity index (χ2n) is 4.23. The summed E-state index contributed by atoms with van der Waals surface area (Å²) in [6.45, 7) is 0. The van der Waals surface area contributed by atoms with Gasteiger partial charge >= 0.3 is 10.1 Å². The fourth-order valence-electron chi connectivity index (χ4n) is 1.84. The summed E-state index contributed by atoms with van der Waals surface area (Å²) >= 11 is 0. The van der Waals surface area contributed by atoms with Crippen LogP contribution in [0.2, 0.25) is 0 Å². The SMILES string of the molecule is COc1ccc(C2CC/C2=N/OS(C)(=O)=O)cc1. The molecule has 0 aliphatic heterocycles. The Hall–Kier alpha value is -1.56. The summed E-state index contributed by atoms with van der Waals surface area (Å²) in [6, 6.07) is 7.67. The van der Waals surface area contributed by atoms with Crippen molar-refractivity contribution < 1.29 is 17.4 Å². The minimum atomic E-state index is -3.52. The summed E-state index contributed by atoms with van der Waals surface area (Å²) in [5, 5.41) is 3.70. The van der Waals surface area contributed by atoms with E-state index < -0.39 is 10.1 Å². The van der Waals surface area contributed by atoms with Gasteiger partial charge in [-0.25, -0.2) is 0 Å². The zero-order chi connectivity index (χ0) is 13.2. The molecule has 1 aliphatic rings. The van der Waals surface area contributed by atoms with Crippen LogP contribution in [0.3, 0.4) is 0 Å². The van der Waals surface area contributed by atoms with Gasteiger partial charge in [0.25, 0.3) is 0 Å². The average Bonchev–Trinajstić information content (AvgIpc) is 2.27. The molecule has 0 spiro atoms. The second-order valence-corrected chi connectivity index (χ2v) is 5.78. The first-order chi connectivity index (χ1) is 8.49. The van der Waals surface area contributed by atoms with Gasteiger partial charge in [0.2, 0.25) is 0 Å². The number of nitrogens with zero attached hydrogens (tertiary/aromatic N) is 1. The molecule has 98 valence electrons. The van der Waals surface area contributed by atoms with E-state index in [1.807, 2.05) is 24.3 Å². The smallest absolute Gasteiger partial charge is 0.325 e. The molecule has 0 bridgehead atoms. The van der Waals surface area contributed by atoms with Crippen LogP contribution >= 0.6 is 0 Å². The van der Waals surface area contributed by atoms with Crippen LogP contribution in [0.15, 0.2) is 29.4 Å². The molecule has 1 unspecified atom stereocenters. The van der Waals surface area contributed by atoms with E-state index in [1.165, 1.54) is 0 Å². The van der Waals surface area contributed by atoms with Gasteiger partial charge in [0.1, 0.15) is 5.75 Å². The topological polar surface area (TPSA) is 65.0 Å². The highest BCUT2D eigenvalue weighted by Gasteiger charge is 2.28. The lowest BCUT2D eigenvalue weighted by atomic mass is 9.78. The van der Waals surface area contributed by atoms with Gasteiger partial charge in [0.15, 0.2) is 0 Å². The number of hydrogen-bond donors (Lipinski definition) is 0. The van der Waals surface area contributed by atoms with Crippen LogP contribution in [-0.2, 0) is 14.4 Å². The lowest BCUT2D eigenvalue weighted by Crippen LogP contribution is -2.24. The Morgan fingerprint density at radius 1 is 1.28 bits per heavy atom. The second kappa shape index (κ2) is 4.97. The average molecular weight is 269 g/mol. The molecule has 0 amide bonds. The van der Waals surface area contributed by atoms with Gasteiger partial charge in [-0.3, -0.25) is 4.28 Å². The zero-order valence-corrected chi connectivity index (χ0v) is 11.1. The van der Waals surface area contributed by atoms with Crippen molar-refractivity contribution in [2.24, 2.45) is 5.16 Å².